The minimum Gasteiger partial charge on any atom is -0.456 e. The molecule has 0 bridgehead atoms. The fraction of sp³-hybridized carbons (Fsp3) is 0.455. The van der Waals surface area contributed by atoms with Crippen molar-refractivity contribution in [1.82, 2.24) is 0 Å². The van der Waals surface area contributed by atoms with Gasteiger partial charge in [-0.1, -0.05) is 6.92 Å². The first-order valence-corrected chi connectivity index (χ1v) is 4.56. The minimum atomic E-state index is -0.659. The van der Waals surface area contributed by atoms with Gasteiger partial charge in [-0.2, -0.15) is 0 Å². The normalized spacial score (nSPS) is 7.60. The van der Waals surface area contributed by atoms with Gasteiger partial charge in [0.15, 0.2) is 0 Å². The molecule has 0 heterocycles. The van der Waals surface area contributed by atoms with E-state index >= 15 is 0 Å². The molecule has 15 heavy (non-hydrogen) atoms. The lowest BCUT2D eigenvalue weighted by molar-refractivity contribution is -0.137. The maximum Gasteiger partial charge on any atom is 0.385 e. The molecule has 0 amide bonds. The van der Waals surface area contributed by atoms with E-state index in [0.29, 0.717) is 6.61 Å². The molecule has 0 aromatic carbocycles. The van der Waals surface area contributed by atoms with Gasteiger partial charge < -0.3 is 9.47 Å². The number of carbonyl (C=O) groups excluding carboxylic acids is 2. The van der Waals surface area contributed by atoms with Crippen LogP contribution in [0.5, 0.6) is 0 Å². The molecule has 0 saturated carbocycles. The maximum absolute atomic E-state index is 10.8. The van der Waals surface area contributed by atoms with Crippen molar-refractivity contribution in [1.29, 1.82) is 0 Å². The van der Waals surface area contributed by atoms with E-state index in [9.17, 15) is 9.59 Å². The van der Waals surface area contributed by atoms with E-state index in [1.165, 1.54) is 0 Å². The second kappa shape index (κ2) is 8.65. The lowest BCUT2D eigenvalue weighted by Gasteiger charge is -1.93. The summed E-state index contributed by atoms with van der Waals surface area (Å²) in [5, 5.41) is 0. The third kappa shape index (κ3) is 8.39. The number of esters is 2. The molecule has 0 unspecified atom stereocenters. The number of carbonyl (C=O) groups is 2. The zero-order valence-electron chi connectivity index (χ0n) is 8.75. The Labute approximate surface area is 88.9 Å². The average molecular weight is 208 g/mol. The Kier molecular flexibility index (Phi) is 7.53. The van der Waals surface area contributed by atoms with E-state index in [1.54, 1.807) is 6.92 Å². The second-order valence-corrected chi connectivity index (χ2v) is 2.36. The Morgan fingerprint density at radius 1 is 1.00 bits per heavy atom. The van der Waals surface area contributed by atoms with Gasteiger partial charge in [-0.15, -0.1) is 0 Å². The van der Waals surface area contributed by atoms with Crippen molar-refractivity contribution >= 4 is 11.9 Å². The molecular formula is C11H12O4. The lowest BCUT2D eigenvalue weighted by atomic mass is 10.5. The lowest BCUT2D eigenvalue weighted by Crippen LogP contribution is -2.01. The summed E-state index contributed by atoms with van der Waals surface area (Å²) < 4.78 is 9.17. The molecule has 4 nitrogen and oxygen atoms in total. The first-order valence-electron chi connectivity index (χ1n) is 4.56. The summed E-state index contributed by atoms with van der Waals surface area (Å²) in [5.41, 5.74) is 0. The summed E-state index contributed by atoms with van der Waals surface area (Å²) in [6.07, 6.45) is 0.738. The van der Waals surface area contributed by atoms with Crippen molar-refractivity contribution < 1.29 is 19.1 Å². The van der Waals surface area contributed by atoms with Crippen LogP contribution in [0.1, 0.15) is 20.3 Å². The van der Waals surface area contributed by atoms with Gasteiger partial charge in [-0.05, 0) is 25.2 Å². The topological polar surface area (TPSA) is 52.6 Å². The molecule has 0 radical (unpaired) electrons. The molecule has 0 aliphatic heterocycles. The number of ether oxygens (including phenoxy) is 2. The molecule has 0 aromatic heterocycles. The third-order valence-corrected chi connectivity index (χ3v) is 1.10. The summed E-state index contributed by atoms with van der Waals surface area (Å²) in [4.78, 5) is 21.5. The molecule has 0 rings (SSSR count). The van der Waals surface area contributed by atoms with E-state index in [1.807, 2.05) is 6.92 Å². The van der Waals surface area contributed by atoms with Crippen molar-refractivity contribution in [3.63, 3.8) is 0 Å². The van der Waals surface area contributed by atoms with Crippen LogP contribution in [0.25, 0.3) is 0 Å². The summed E-state index contributed by atoms with van der Waals surface area (Å²) >= 11 is 0. The number of hydrogen-bond acceptors (Lipinski definition) is 4. The van der Waals surface area contributed by atoms with E-state index in [4.69, 9.17) is 0 Å². The highest BCUT2D eigenvalue weighted by Crippen LogP contribution is 1.80. The van der Waals surface area contributed by atoms with Crippen molar-refractivity contribution in [2.24, 2.45) is 0 Å². The van der Waals surface area contributed by atoms with Crippen LogP contribution in [0.15, 0.2) is 0 Å². The predicted molar refractivity (Wildman–Crippen MR) is 53.4 cm³/mol. The molecule has 0 aliphatic rings. The maximum atomic E-state index is 10.8. The van der Waals surface area contributed by atoms with Crippen molar-refractivity contribution in [3.05, 3.63) is 0 Å². The smallest absolute Gasteiger partial charge is 0.385 e. The number of rotatable bonds is 3. The Morgan fingerprint density at radius 3 is 2.00 bits per heavy atom. The molecule has 80 valence electrons. The first kappa shape index (κ1) is 13.1. The van der Waals surface area contributed by atoms with Crippen molar-refractivity contribution in [3.8, 4) is 23.7 Å². The molecule has 0 N–H and O–H groups in total. The molecular weight excluding hydrogens is 196 g/mol. The Bertz CT molecular complexity index is 335. The van der Waals surface area contributed by atoms with Crippen LogP contribution in [0.4, 0.5) is 0 Å². The van der Waals surface area contributed by atoms with Gasteiger partial charge in [0.2, 0.25) is 0 Å². The van der Waals surface area contributed by atoms with Gasteiger partial charge in [-0.25, -0.2) is 9.59 Å². The molecule has 0 saturated heterocycles. The third-order valence-electron chi connectivity index (χ3n) is 1.10. The standard InChI is InChI=1S/C11H12O4/c1-3-9-15-11(13)8-6-5-7-10(12)14-4-2/h3-4,9H2,1-2H3. The van der Waals surface area contributed by atoms with Crippen LogP contribution in [0.2, 0.25) is 0 Å². The summed E-state index contributed by atoms with van der Waals surface area (Å²) in [7, 11) is 0. The molecule has 0 aliphatic carbocycles. The molecule has 0 spiro atoms. The minimum absolute atomic E-state index is 0.263. The van der Waals surface area contributed by atoms with E-state index in [-0.39, 0.29) is 6.61 Å². The fourth-order valence-electron chi connectivity index (χ4n) is 0.563. The van der Waals surface area contributed by atoms with Crippen LogP contribution >= 0.6 is 0 Å². The fourth-order valence-corrected chi connectivity index (χ4v) is 0.563. The van der Waals surface area contributed by atoms with Gasteiger partial charge in [0.1, 0.15) is 0 Å². The molecule has 4 heteroatoms. The molecule has 0 atom stereocenters. The second-order valence-electron chi connectivity index (χ2n) is 2.36. The summed E-state index contributed by atoms with van der Waals surface area (Å²) in [6, 6.07) is 0. The first-order chi connectivity index (χ1) is 7.20. The van der Waals surface area contributed by atoms with Crippen LogP contribution in [-0.2, 0) is 19.1 Å². The van der Waals surface area contributed by atoms with E-state index in [0.717, 1.165) is 6.42 Å². The summed E-state index contributed by atoms with van der Waals surface area (Å²) in [6.45, 7) is 4.15. The zero-order chi connectivity index (χ0) is 11.5. The number of hydrogen-bond donors (Lipinski definition) is 0. The van der Waals surface area contributed by atoms with Gasteiger partial charge in [0.05, 0.1) is 13.2 Å². The van der Waals surface area contributed by atoms with Crippen molar-refractivity contribution in [2.75, 3.05) is 13.2 Å². The van der Waals surface area contributed by atoms with Gasteiger partial charge in [0.25, 0.3) is 0 Å². The average Bonchev–Trinajstić information content (AvgIpc) is 2.22. The predicted octanol–water partition coefficient (Wildman–Crippen LogP) is 0.509. The Morgan fingerprint density at radius 2 is 1.53 bits per heavy atom. The highest BCUT2D eigenvalue weighted by molar-refractivity contribution is 5.91. The van der Waals surface area contributed by atoms with Crippen LogP contribution in [0.3, 0.4) is 0 Å². The Hall–Kier alpha value is -1.94. The monoisotopic (exact) mass is 208 g/mol. The Balaban J connectivity index is 3.97. The highest BCUT2D eigenvalue weighted by atomic mass is 16.5. The molecule has 0 fully saturated rings. The zero-order valence-corrected chi connectivity index (χ0v) is 8.75. The van der Waals surface area contributed by atoms with Gasteiger partial charge in [-0.3, -0.25) is 0 Å². The van der Waals surface area contributed by atoms with Gasteiger partial charge in [0, 0.05) is 11.8 Å². The van der Waals surface area contributed by atoms with Crippen LogP contribution in [-0.4, -0.2) is 25.2 Å². The van der Waals surface area contributed by atoms with Gasteiger partial charge >= 0.3 is 11.9 Å². The molecule has 0 aromatic rings. The van der Waals surface area contributed by atoms with E-state index < -0.39 is 11.9 Å². The van der Waals surface area contributed by atoms with Crippen molar-refractivity contribution in [2.45, 2.75) is 20.3 Å². The van der Waals surface area contributed by atoms with E-state index in [2.05, 4.69) is 33.2 Å². The SMILES string of the molecule is CCCOC(=O)C#CC#CC(=O)OCC. The van der Waals surface area contributed by atoms with Crippen LogP contribution < -0.4 is 0 Å². The summed E-state index contributed by atoms with van der Waals surface area (Å²) in [5.74, 6) is 7.31. The quantitative estimate of drug-likeness (QED) is 0.385. The largest absolute Gasteiger partial charge is 0.456 e. The highest BCUT2D eigenvalue weighted by Gasteiger charge is 1.93. The van der Waals surface area contributed by atoms with Crippen LogP contribution in [0, 0.1) is 23.7 Å².